The molecular formula is C11H15F2N. The Bertz CT molecular complexity index is 323. The van der Waals surface area contributed by atoms with Crippen LogP contribution in [-0.2, 0) is 0 Å². The summed E-state index contributed by atoms with van der Waals surface area (Å²) >= 11 is 0. The van der Waals surface area contributed by atoms with Gasteiger partial charge in [0.05, 0.1) is 5.69 Å². The highest BCUT2D eigenvalue weighted by Crippen LogP contribution is 2.19. The zero-order valence-corrected chi connectivity index (χ0v) is 8.70. The third-order valence-corrected chi connectivity index (χ3v) is 2.26. The molecule has 3 heteroatoms. The van der Waals surface area contributed by atoms with Gasteiger partial charge in [0.15, 0.2) is 0 Å². The maximum atomic E-state index is 13.3. The van der Waals surface area contributed by atoms with Gasteiger partial charge in [0.25, 0.3) is 0 Å². The summed E-state index contributed by atoms with van der Waals surface area (Å²) in [5, 5.41) is 2.91. The lowest BCUT2D eigenvalue weighted by Gasteiger charge is -2.14. The quantitative estimate of drug-likeness (QED) is 0.785. The van der Waals surface area contributed by atoms with Crippen molar-refractivity contribution in [3.8, 4) is 0 Å². The Kier molecular flexibility index (Phi) is 3.44. The lowest BCUT2D eigenvalue weighted by Crippen LogP contribution is -2.14. The van der Waals surface area contributed by atoms with E-state index in [0.717, 1.165) is 6.42 Å². The number of hydrogen-bond acceptors (Lipinski definition) is 1. The van der Waals surface area contributed by atoms with E-state index in [2.05, 4.69) is 5.32 Å². The minimum atomic E-state index is -0.399. The molecular weight excluding hydrogens is 184 g/mol. The predicted octanol–water partition coefficient (Wildman–Crippen LogP) is 3.48. The minimum Gasteiger partial charge on any atom is -0.380 e. The number of rotatable bonds is 3. The van der Waals surface area contributed by atoms with Gasteiger partial charge in [-0.2, -0.15) is 0 Å². The second kappa shape index (κ2) is 4.40. The van der Waals surface area contributed by atoms with Gasteiger partial charge in [-0.25, -0.2) is 8.78 Å². The fraction of sp³-hybridized carbons (Fsp3) is 0.455. The number of aryl methyl sites for hydroxylation is 1. The molecule has 1 aromatic carbocycles. The minimum absolute atomic E-state index is 0.145. The van der Waals surface area contributed by atoms with E-state index >= 15 is 0 Å². The van der Waals surface area contributed by atoms with Gasteiger partial charge < -0.3 is 5.32 Å². The molecule has 1 N–H and O–H groups in total. The van der Waals surface area contributed by atoms with Crippen molar-refractivity contribution in [2.45, 2.75) is 33.2 Å². The molecule has 0 saturated carbocycles. The van der Waals surface area contributed by atoms with E-state index in [1.54, 1.807) is 6.92 Å². The van der Waals surface area contributed by atoms with E-state index in [0.29, 0.717) is 5.56 Å². The molecule has 1 atom stereocenters. The highest BCUT2D eigenvalue weighted by molar-refractivity contribution is 5.47. The molecule has 0 saturated heterocycles. The molecule has 0 amide bonds. The SMILES string of the molecule is CCC(C)Nc1cc(F)c(C)cc1F. The average Bonchev–Trinajstić information content (AvgIpc) is 2.14. The van der Waals surface area contributed by atoms with E-state index in [9.17, 15) is 8.78 Å². The first kappa shape index (κ1) is 11.0. The molecule has 0 aliphatic heterocycles. The first-order chi connectivity index (χ1) is 6.54. The summed E-state index contributed by atoms with van der Waals surface area (Å²) in [5.41, 5.74) is 0.569. The maximum Gasteiger partial charge on any atom is 0.146 e. The molecule has 0 spiro atoms. The van der Waals surface area contributed by atoms with Crippen molar-refractivity contribution in [2.75, 3.05) is 5.32 Å². The Balaban J connectivity index is 2.92. The van der Waals surface area contributed by atoms with E-state index < -0.39 is 5.82 Å². The third-order valence-electron chi connectivity index (χ3n) is 2.26. The molecule has 0 aliphatic carbocycles. The fourth-order valence-corrected chi connectivity index (χ4v) is 1.12. The monoisotopic (exact) mass is 199 g/mol. The Morgan fingerprint density at radius 1 is 1.29 bits per heavy atom. The first-order valence-corrected chi connectivity index (χ1v) is 4.76. The van der Waals surface area contributed by atoms with Gasteiger partial charge in [0, 0.05) is 12.1 Å². The number of halogens is 2. The van der Waals surface area contributed by atoms with Crippen molar-refractivity contribution in [3.05, 3.63) is 29.3 Å². The van der Waals surface area contributed by atoms with Crippen LogP contribution in [0.1, 0.15) is 25.8 Å². The Labute approximate surface area is 83.1 Å². The van der Waals surface area contributed by atoms with Crippen molar-refractivity contribution < 1.29 is 8.78 Å². The molecule has 0 heterocycles. The van der Waals surface area contributed by atoms with Crippen molar-refractivity contribution >= 4 is 5.69 Å². The van der Waals surface area contributed by atoms with Crippen LogP contribution in [0.2, 0.25) is 0 Å². The second-order valence-corrected chi connectivity index (χ2v) is 3.53. The topological polar surface area (TPSA) is 12.0 Å². The summed E-state index contributed by atoms with van der Waals surface area (Å²) in [6.07, 6.45) is 0.870. The van der Waals surface area contributed by atoms with Gasteiger partial charge in [-0.15, -0.1) is 0 Å². The van der Waals surface area contributed by atoms with Gasteiger partial charge >= 0.3 is 0 Å². The van der Waals surface area contributed by atoms with Crippen LogP contribution < -0.4 is 5.32 Å². The molecule has 0 bridgehead atoms. The first-order valence-electron chi connectivity index (χ1n) is 4.76. The number of nitrogens with one attached hydrogen (secondary N) is 1. The fourth-order valence-electron chi connectivity index (χ4n) is 1.12. The van der Waals surface area contributed by atoms with Crippen LogP contribution in [0, 0.1) is 18.6 Å². The van der Waals surface area contributed by atoms with Crippen LogP contribution in [0.25, 0.3) is 0 Å². The molecule has 1 aromatic rings. The van der Waals surface area contributed by atoms with Crippen molar-refractivity contribution in [1.29, 1.82) is 0 Å². The van der Waals surface area contributed by atoms with E-state index in [-0.39, 0.29) is 17.5 Å². The van der Waals surface area contributed by atoms with Crippen LogP contribution in [0.4, 0.5) is 14.5 Å². The summed E-state index contributed by atoms with van der Waals surface area (Å²) in [6.45, 7) is 5.46. The van der Waals surface area contributed by atoms with Crippen LogP contribution in [0.3, 0.4) is 0 Å². The zero-order valence-electron chi connectivity index (χ0n) is 8.70. The largest absolute Gasteiger partial charge is 0.380 e. The van der Waals surface area contributed by atoms with Gasteiger partial charge in [-0.3, -0.25) is 0 Å². The lowest BCUT2D eigenvalue weighted by atomic mass is 10.2. The number of benzene rings is 1. The molecule has 0 aliphatic rings. The number of hydrogen-bond donors (Lipinski definition) is 1. The van der Waals surface area contributed by atoms with Crippen LogP contribution >= 0.6 is 0 Å². The summed E-state index contributed by atoms with van der Waals surface area (Å²) in [6, 6.07) is 2.56. The van der Waals surface area contributed by atoms with Crippen LogP contribution in [-0.4, -0.2) is 6.04 Å². The smallest absolute Gasteiger partial charge is 0.146 e. The molecule has 1 nitrogen and oxygen atoms in total. The molecule has 0 fully saturated rings. The molecule has 14 heavy (non-hydrogen) atoms. The average molecular weight is 199 g/mol. The highest BCUT2D eigenvalue weighted by atomic mass is 19.1. The predicted molar refractivity (Wildman–Crippen MR) is 54.5 cm³/mol. The molecule has 78 valence electrons. The summed E-state index contributed by atoms with van der Waals surface area (Å²) in [4.78, 5) is 0. The Morgan fingerprint density at radius 3 is 2.50 bits per heavy atom. The Hall–Kier alpha value is -1.12. The molecule has 1 unspecified atom stereocenters. The van der Waals surface area contributed by atoms with Crippen LogP contribution in [0.5, 0.6) is 0 Å². The van der Waals surface area contributed by atoms with Gasteiger partial charge in [0.2, 0.25) is 0 Å². The maximum absolute atomic E-state index is 13.3. The molecule has 1 rings (SSSR count). The van der Waals surface area contributed by atoms with E-state index in [4.69, 9.17) is 0 Å². The van der Waals surface area contributed by atoms with Crippen molar-refractivity contribution in [2.24, 2.45) is 0 Å². The van der Waals surface area contributed by atoms with Gasteiger partial charge in [0.1, 0.15) is 11.6 Å². The highest BCUT2D eigenvalue weighted by Gasteiger charge is 2.08. The lowest BCUT2D eigenvalue weighted by molar-refractivity contribution is 0.591. The van der Waals surface area contributed by atoms with Crippen LogP contribution in [0.15, 0.2) is 12.1 Å². The van der Waals surface area contributed by atoms with E-state index in [1.165, 1.54) is 12.1 Å². The summed E-state index contributed by atoms with van der Waals surface area (Å²) in [7, 11) is 0. The standard InChI is InChI=1S/C11H15F2N/c1-4-8(3)14-11-6-9(12)7(2)5-10(11)13/h5-6,8,14H,4H2,1-3H3. The van der Waals surface area contributed by atoms with Gasteiger partial charge in [-0.1, -0.05) is 6.92 Å². The van der Waals surface area contributed by atoms with E-state index in [1.807, 2.05) is 13.8 Å². The van der Waals surface area contributed by atoms with Crippen molar-refractivity contribution in [3.63, 3.8) is 0 Å². The number of anilines is 1. The summed E-state index contributed by atoms with van der Waals surface area (Å²) in [5.74, 6) is -0.776. The third kappa shape index (κ3) is 2.44. The summed E-state index contributed by atoms with van der Waals surface area (Å²) < 4.78 is 26.4. The Morgan fingerprint density at radius 2 is 1.93 bits per heavy atom. The van der Waals surface area contributed by atoms with Gasteiger partial charge in [-0.05, 0) is 31.9 Å². The zero-order chi connectivity index (χ0) is 10.7. The molecule has 0 aromatic heterocycles. The van der Waals surface area contributed by atoms with Crippen molar-refractivity contribution in [1.82, 2.24) is 0 Å². The second-order valence-electron chi connectivity index (χ2n) is 3.53. The normalized spacial score (nSPS) is 12.6. The molecule has 0 radical (unpaired) electrons.